The van der Waals surface area contributed by atoms with Gasteiger partial charge in [-0.15, -0.1) is 0 Å². The van der Waals surface area contributed by atoms with Gasteiger partial charge in [-0.2, -0.15) is 4.39 Å². The summed E-state index contributed by atoms with van der Waals surface area (Å²) in [6.07, 6.45) is -0.108. The maximum absolute atomic E-state index is 13.3. The summed E-state index contributed by atoms with van der Waals surface area (Å²) in [7, 11) is 0. The summed E-state index contributed by atoms with van der Waals surface area (Å²) in [6, 6.07) is 3.74. The Balaban J connectivity index is 2.53. The fourth-order valence-electron chi connectivity index (χ4n) is 1.36. The lowest BCUT2D eigenvalue weighted by molar-refractivity contribution is -0.387. The Hall–Kier alpha value is -1.53. The zero-order chi connectivity index (χ0) is 13.5. The van der Waals surface area contributed by atoms with Crippen LogP contribution in [0.2, 0.25) is 0 Å². The van der Waals surface area contributed by atoms with E-state index in [0.29, 0.717) is 18.8 Å². The maximum Gasteiger partial charge on any atom is 0.304 e. The van der Waals surface area contributed by atoms with Gasteiger partial charge in [-0.3, -0.25) is 10.1 Å². The predicted octanol–water partition coefficient (Wildman–Crippen LogP) is 2.68. The van der Waals surface area contributed by atoms with Crippen LogP contribution in [0.25, 0.3) is 0 Å². The Labute approximate surface area is 105 Å². The van der Waals surface area contributed by atoms with Gasteiger partial charge < -0.3 is 9.47 Å². The molecule has 6 heteroatoms. The number of rotatable bonds is 7. The van der Waals surface area contributed by atoms with Crippen LogP contribution in [0.5, 0.6) is 0 Å². The zero-order valence-electron chi connectivity index (χ0n) is 10.4. The molecule has 0 aliphatic rings. The van der Waals surface area contributed by atoms with Gasteiger partial charge in [0.25, 0.3) is 0 Å². The van der Waals surface area contributed by atoms with Crippen LogP contribution >= 0.6 is 0 Å². The average Bonchev–Trinajstić information content (AvgIpc) is 2.33. The van der Waals surface area contributed by atoms with E-state index in [1.807, 2.05) is 13.8 Å². The smallest absolute Gasteiger partial charge is 0.304 e. The molecule has 0 amide bonds. The fraction of sp³-hybridized carbons (Fsp3) is 0.500. The van der Waals surface area contributed by atoms with Gasteiger partial charge in [0, 0.05) is 12.7 Å². The van der Waals surface area contributed by atoms with Crippen molar-refractivity contribution in [3.63, 3.8) is 0 Å². The van der Waals surface area contributed by atoms with E-state index in [1.54, 1.807) is 0 Å². The van der Waals surface area contributed by atoms with Crippen molar-refractivity contribution in [2.75, 3.05) is 13.2 Å². The average molecular weight is 257 g/mol. The minimum atomic E-state index is -0.849. The third-order valence-electron chi connectivity index (χ3n) is 2.30. The molecule has 0 aliphatic heterocycles. The Bertz CT molecular complexity index is 411. The second-order valence-corrected chi connectivity index (χ2v) is 3.82. The van der Waals surface area contributed by atoms with Gasteiger partial charge >= 0.3 is 5.69 Å². The first-order valence-corrected chi connectivity index (χ1v) is 5.66. The second kappa shape index (κ2) is 7.03. The van der Waals surface area contributed by atoms with Crippen molar-refractivity contribution < 1.29 is 18.8 Å². The molecule has 0 spiro atoms. The first kappa shape index (κ1) is 14.5. The molecule has 1 rings (SSSR count). The number of hydrogen-bond acceptors (Lipinski definition) is 4. The van der Waals surface area contributed by atoms with Crippen molar-refractivity contribution in [3.05, 3.63) is 39.7 Å². The van der Waals surface area contributed by atoms with E-state index >= 15 is 0 Å². The number of ether oxygens (including phenoxy) is 2. The Morgan fingerprint density at radius 3 is 2.78 bits per heavy atom. The minimum absolute atomic E-state index is 0.108. The molecule has 0 bridgehead atoms. The van der Waals surface area contributed by atoms with Crippen LogP contribution in [0.15, 0.2) is 18.2 Å². The number of nitro groups is 1. The zero-order valence-corrected chi connectivity index (χ0v) is 10.4. The highest BCUT2D eigenvalue weighted by Crippen LogP contribution is 2.18. The third kappa shape index (κ3) is 4.38. The lowest BCUT2D eigenvalue weighted by Crippen LogP contribution is -2.15. The van der Waals surface area contributed by atoms with Crippen LogP contribution < -0.4 is 0 Å². The molecule has 5 nitrogen and oxygen atoms in total. The highest BCUT2D eigenvalue weighted by Gasteiger charge is 2.14. The van der Waals surface area contributed by atoms with E-state index in [9.17, 15) is 14.5 Å². The topological polar surface area (TPSA) is 61.6 Å². The molecule has 0 radical (unpaired) electrons. The minimum Gasteiger partial charge on any atom is -0.379 e. The summed E-state index contributed by atoms with van der Waals surface area (Å²) >= 11 is 0. The quantitative estimate of drug-likeness (QED) is 0.556. The van der Waals surface area contributed by atoms with Gasteiger partial charge in [0.1, 0.15) is 0 Å². The fourth-order valence-corrected chi connectivity index (χ4v) is 1.36. The molecule has 0 aliphatic carbocycles. The lowest BCUT2D eigenvalue weighted by Gasteiger charge is -2.12. The number of nitrogens with zero attached hydrogens (tertiary/aromatic N) is 1. The van der Waals surface area contributed by atoms with Crippen molar-refractivity contribution in [1.82, 2.24) is 0 Å². The molecule has 0 fully saturated rings. The van der Waals surface area contributed by atoms with Crippen molar-refractivity contribution >= 4 is 5.69 Å². The van der Waals surface area contributed by atoms with E-state index in [0.717, 1.165) is 12.1 Å². The maximum atomic E-state index is 13.3. The van der Waals surface area contributed by atoms with Crippen molar-refractivity contribution in [3.8, 4) is 0 Å². The first-order valence-electron chi connectivity index (χ1n) is 5.66. The number of halogens is 1. The third-order valence-corrected chi connectivity index (χ3v) is 2.30. The molecule has 1 atom stereocenters. The Morgan fingerprint density at radius 1 is 1.50 bits per heavy atom. The van der Waals surface area contributed by atoms with Crippen LogP contribution in [0.1, 0.15) is 19.4 Å². The van der Waals surface area contributed by atoms with Gasteiger partial charge in [0.05, 0.1) is 24.2 Å². The summed E-state index contributed by atoms with van der Waals surface area (Å²) in [5, 5.41) is 10.4. The monoisotopic (exact) mass is 257 g/mol. The van der Waals surface area contributed by atoms with E-state index in [1.165, 1.54) is 6.07 Å². The normalized spacial score (nSPS) is 12.4. The molecule has 0 saturated carbocycles. The molecular weight excluding hydrogens is 241 g/mol. The number of nitro benzene ring substituents is 1. The van der Waals surface area contributed by atoms with Crippen LogP contribution in [0.4, 0.5) is 10.1 Å². The molecule has 0 saturated heterocycles. The van der Waals surface area contributed by atoms with Gasteiger partial charge in [-0.25, -0.2) is 0 Å². The van der Waals surface area contributed by atoms with Crippen molar-refractivity contribution in [2.45, 2.75) is 26.6 Å². The van der Waals surface area contributed by atoms with Crippen molar-refractivity contribution in [2.24, 2.45) is 0 Å². The van der Waals surface area contributed by atoms with Crippen LogP contribution in [-0.4, -0.2) is 24.2 Å². The van der Waals surface area contributed by atoms with Gasteiger partial charge in [-0.1, -0.05) is 0 Å². The highest BCUT2D eigenvalue weighted by atomic mass is 19.1. The van der Waals surface area contributed by atoms with Crippen LogP contribution in [-0.2, 0) is 16.1 Å². The van der Waals surface area contributed by atoms with Crippen molar-refractivity contribution in [1.29, 1.82) is 0 Å². The number of hydrogen-bond donors (Lipinski definition) is 0. The van der Waals surface area contributed by atoms with E-state index in [2.05, 4.69) is 0 Å². The Morgan fingerprint density at radius 2 is 2.22 bits per heavy atom. The molecule has 1 unspecified atom stereocenters. The predicted molar refractivity (Wildman–Crippen MR) is 63.8 cm³/mol. The number of benzene rings is 1. The van der Waals surface area contributed by atoms with Crippen LogP contribution in [0.3, 0.4) is 0 Å². The molecule has 1 aromatic carbocycles. The largest absolute Gasteiger partial charge is 0.379 e. The molecule has 0 heterocycles. The summed E-state index contributed by atoms with van der Waals surface area (Å²) < 4.78 is 23.9. The van der Waals surface area contributed by atoms with E-state index in [-0.39, 0.29) is 12.7 Å². The molecule has 100 valence electrons. The summed E-state index contributed by atoms with van der Waals surface area (Å²) in [6.45, 7) is 5.00. The van der Waals surface area contributed by atoms with E-state index < -0.39 is 16.4 Å². The van der Waals surface area contributed by atoms with Crippen LogP contribution in [0, 0.1) is 15.9 Å². The van der Waals surface area contributed by atoms with E-state index in [4.69, 9.17) is 9.47 Å². The Kier molecular flexibility index (Phi) is 5.67. The SMILES string of the molecule is CCOCC(C)OCc1ccc([N+](=O)[O-])c(F)c1. The molecular formula is C12H16FNO4. The van der Waals surface area contributed by atoms with Gasteiger partial charge in [0.2, 0.25) is 5.82 Å². The lowest BCUT2D eigenvalue weighted by atomic mass is 10.2. The van der Waals surface area contributed by atoms with Gasteiger partial charge in [-0.05, 0) is 31.5 Å². The molecule has 0 aromatic heterocycles. The summed E-state index contributed by atoms with van der Waals surface area (Å²) in [5.74, 6) is -0.849. The molecule has 18 heavy (non-hydrogen) atoms. The highest BCUT2D eigenvalue weighted by molar-refractivity contribution is 5.34. The second-order valence-electron chi connectivity index (χ2n) is 3.82. The molecule has 1 aromatic rings. The standard InChI is InChI=1S/C12H16FNO4/c1-3-17-7-9(2)18-8-10-4-5-12(14(15)16)11(13)6-10/h4-6,9H,3,7-8H2,1-2H3. The summed E-state index contributed by atoms with van der Waals surface area (Å²) in [5.41, 5.74) is 0.0302. The first-order chi connectivity index (χ1) is 8.54. The van der Waals surface area contributed by atoms with Gasteiger partial charge in [0.15, 0.2) is 0 Å². The summed E-state index contributed by atoms with van der Waals surface area (Å²) in [4.78, 5) is 9.68. The molecule has 0 N–H and O–H groups in total.